The van der Waals surface area contributed by atoms with Crippen molar-refractivity contribution in [1.82, 2.24) is 5.32 Å². The van der Waals surface area contributed by atoms with E-state index in [-0.39, 0.29) is 22.9 Å². The van der Waals surface area contributed by atoms with Crippen molar-refractivity contribution in [2.24, 2.45) is 0 Å². The molecule has 8 heteroatoms. The van der Waals surface area contributed by atoms with Crippen LogP contribution in [0, 0.1) is 5.82 Å². The number of ether oxygens (including phenoxy) is 3. The Balaban J connectivity index is 1.92. The summed E-state index contributed by atoms with van der Waals surface area (Å²) in [6.07, 6.45) is 0. The first kappa shape index (κ1) is 19.5. The molecule has 0 atom stereocenters. The van der Waals surface area contributed by atoms with E-state index in [2.05, 4.69) is 5.32 Å². The summed E-state index contributed by atoms with van der Waals surface area (Å²) in [4.78, 5) is 24.0. The predicted molar refractivity (Wildman–Crippen MR) is 93.1 cm³/mol. The number of carbonyl (C=O) groups is 2. The molecule has 1 N–H and O–H groups in total. The molecule has 2 aromatic carbocycles. The molecule has 0 aliphatic carbocycles. The van der Waals surface area contributed by atoms with Gasteiger partial charge in [0, 0.05) is 11.6 Å². The van der Waals surface area contributed by atoms with Crippen LogP contribution in [0.2, 0.25) is 5.02 Å². The summed E-state index contributed by atoms with van der Waals surface area (Å²) in [5, 5.41) is 2.74. The zero-order chi connectivity index (χ0) is 19.1. The van der Waals surface area contributed by atoms with Gasteiger partial charge in [-0.15, -0.1) is 0 Å². The molecular weight excluding hydrogens is 365 g/mol. The molecule has 0 saturated carbocycles. The Morgan fingerprint density at radius 3 is 2.58 bits per heavy atom. The minimum absolute atomic E-state index is 0.0813. The molecule has 0 radical (unpaired) electrons. The molecule has 2 aromatic rings. The topological polar surface area (TPSA) is 73.9 Å². The summed E-state index contributed by atoms with van der Waals surface area (Å²) < 4.78 is 28.2. The lowest BCUT2D eigenvalue weighted by atomic mass is 10.2. The minimum atomic E-state index is -0.726. The fraction of sp³-hybridized carbons (Fsp3) is 0.222. The SMILES string of the molecule is COc1cccc(C(=O)OCC(=O)NCc2ccc(F)cc2Cl)c1OC. The summed E-state index contributed by atoms with van der Waals surface area (Å²) in [5.74, 6) is -1.13. The Bertz CT molecular complexity index is 812. The quantitative estimate of drug-likeness (QED) is 0.746. The van der Waals surface area contributed by atoms with Crippen LogP contribution in [0.1, 0.15) is 15.9 Å². The number of amides is 1. The molecule has 0 spiro atoms. The first-order valence-corrected chi connectivity index (χ1v) is 7.92. The maximum atomic E-state index is 13.0. The monoisotopic (exact) mass is 381 g/mol. The van der Waals surface area contributed by atoms with Crippen LogP contribution < -0.4 is 14.8 Å². The van der Waals surface area contributed by atoms with Crippen molar-refractivity contribution in [3.8, 4) is 11.5 Å². The highest BCUT2D eigenvalue weighted by Gasteiger charge is 2.18. The van der Waals surface area contributed by atoms with E-state index in [0.29, 0.717) is 11.3 Å². The van der Waals surface area contributed by atoms with Gasteiger partial charge >= 0.3 is 5.97 Å². The van der Waals surface area contributed by atoms with Gasteiger partial charge in [-0.1, -0.05) is 23.7 Å². The van der Waals surface area contributed by atoms with Crippen LogP contribution in [0.4, 0.5) is 4.39 Å². The van der Waals surface area contributed by atoms with Crippen LogP contribution in [-0.2, 0) is 16.1 Å². The lowest BCUT2D eigenvalue weighted by Gasteiger charge is -2.12. The predicted octanol–water partition coefficient (Wildman–Crippen LogP) is 2.97. The lowest BCUT2D eigenvalue weighted by Crippen LogP contribution is -2.28. The van der Waals surface area contributed by atoms with Crippen molar-refractivity contribution < 1.29 is 28.2 Å². The Kier molecular flexibility index (Phi) is 6.80. The van der Waals surface area contributed by atoms with Gasteiger partial charge in [-0.3, -0.25) is 4.79 Å². The summed E-state index contributed by atoms with van der Waals surface area (Å²) in [7, 11) is 2.84. The van der Waals surface area contributed by atoms with Crippen LogP contribution in [-0.4, -0.2) is 32.7 Å². The molecule has 0 heterocycles. The minimum Gasteiger partial charge on any atom is -0.493 e. The van der Waals surface area contributed by atoms with Gasteiger partial charge in [0.2, 0.25) is 0 Å². The molecule has 1 amide bonds. The number of hydrogen-bond acceptors (Lipinski definition) is 5. The second-order valence-corrected chi connectivity index (χ2v) is 5.54. The number of halogens is 2. The van der Waals surface area contributed by atoms with E-state index in [1.54, 1.807) is 12.1 Å². The fourth-order valence-corrected chi connectivity index (χ4v) is 2.40. The second-order valence-electron chi connectivity index (χ2n) is 5.13. The van der Waals surface area contributed by atoms with E-state index in [9.17, 15) is 14.0 Å². The molecular formula is C18H17ClFNO5. The third kappa shape index (κ3) is 4.86. The van der Waals surface area contributed by atoms with Crippen molar-refractivity contribution in [1.29, 1.82) is 0 Å². The van der Waals surface area contributed by atoms with E-state index in [4.69, 9.17) is 25.8 Å². The summed E-state index contributed by atoms with van der Waals surface area (Å²) in [6.45, 7) is -0.407. The maximum Gasteiger partial charge on any atom is 0.342 e. The van der Waals surface area contributed by atoms with Gasteiger partial charge in [-0.05, 0) is 29.8 Å². The van der Waals surface area contributed by atoms with E-state index in [1.807, 2.05) is 0 Å². The van der Waals surface area contributed by atoms with Gasteiger partial charge < -0.3 is 19.5 Å². The third-order valence-electron chi connectivity index (χ3n) is 3.45. The number of para-hydroxylation sites is 1. The molecule has 6 nitrogen and oxygen atoms in total. The van der Waals surface area contributed by atoms with Gasteiger partial charge in [-0.25, -0.2) is 9.18 Å². The number of benzene rings is 2. The van der Waals surface area contributed by atoms with Gasteiger partial charge in [-0.2, -0.15) is 0 Å². The molecule has 0 bridgehead atoms. The number of esters is 1. The molecule has 0 aromatic heterocycles. The Labute approximate surface area is 154 Å². The highest BCUT2D eigenvalue weighted by Crippen LogP contribution is 2.31. The fourth-order valence-electron chi connectivity index (χ4n) is 2.17. The molecule has 0 aliphatic rings. The highest BCUT2D eigenvalue weighted by atomic mass is 35.5. The maximum absolute atomic E-state index is 13.0. The normalized spacial score (nSPS) is 10.2. The molecule has 26 heavy (non-hydrogen) atoms. The van der Waals surface area contributed by atoms with Crippen LogP contribution in [0.25, 0.3) is 0 Å². The van der Waals surface area contributed by atoms with Crippen LogP contribution in [0.5, 0.6) is 11.5 Å². The van der Waals surface area contributed by atoms with E-state index >= 15 is 0 Å². The first-order chi connectivity index (χ1) is 12.5. The molecule has 0 saturated heterocycles. The summed E-state index contributed by atoms with van der Waals surface area (Å²) in [5.41, 5.74) is 0.684. The van der Waals surface area contributed by atoms with Crippen LogP contribution in [0.3, 0.4) is 0 Å². The van der Waals surface area contributed by atoms with Crippen LogP contribution in [0.15, 0.2) is 36.4 Å². The number of carbonyl (C=O) groups excluding carboxylic acids is 2. The van der Waals surface area contributed by atoms with Crippen molar-refractivity contribution in [2.45, 2.75) is 6.54 Å². The van der Waals surface area contributed by atoms with E-state index < -0.39 is 24.3 Å². The summed E-state index contributed by atoms with van der Waals surface area (Å²) >= 11 is 5.88. The molecule has 138 valence electrons. The van der Waals surface area contributed by atoms with E-state index in [1.165, 1.54) is 32.4 Å². The standard InChI is InChI=1S/C18H17ClFNO5/c1-24-15-5-3-4-13(17(15)25-2)18(23)26-10-16(22)21-9-11-6-7-12(20)8-14(11)19/h3-8H,9-10H2,1-2H3,(H,21,22). The largest absolute Gasteiger partial charge is 0.493 e. The third-order valence-corrected chi connectivity index (χ3v) is 3.80. The average Bonchev–Trinajstić information content (AvgIpc) is 2.64. The molecule has 2 rings (SSSR count). The Hall–Kier alpha value is -2.80. The van der Waals surface area contributed by atoms with Crippen molar-refractivity contribution in [3.05, 3.63) is 58.4 Å². The van der Waals surface area contributed by atoms with Crippen LogP contribution >= 0.6 is 11.6 Å². The zero-order valence-corrected chi connectivity index (χ0v) is 14.9. The lowest BCUT2D eigenvalue weighted by molar-refractivity contribution is -0.124. The van der Waals surface area contributed by atoms with Gasteiger partial charge in [0.1, 0.15) is 11.4 Å². The smallest absolute Gasteiger partial charge is 0.342 e. The summed E-state index contributed by atoms with van der Waals surface area (Å²) in [6, 6.07) is 8.59. The number of methoxy groups -OCH3 is 2. The second kappa shape index (κ2) is 9.05. The first-order valence-electron chi connectivity index (χ1n) is 7.55. The van der Waals surface area contributed by atoms with Gasteiger partial charge in [0.25, 0.3) is 5.91 Å². The average molecular weight is 382 g/mol. The highest BCUT2D eigenvalue weighted by molar-refractivity contribution is 6.31. The van der Waals surface area contributed by atoms with Crippen molar-refractivity contribution in [3.63, 3.8) is 0 Å². The zero-order valence-electron chi connectivity index (χ0n) is 14.2. The molecule has 0 unspecified atom stereocenters. The Morgan fingerprint density at radius 1 is 1.15 bits per heavy atom. The van der Waals surface area contributed by atoms with E-state index in [0.717, 1.165) is 6.07 Å². The number of hydrogen-bond donors (Lipinski definition) is 1. The van der Waals surface area contributed by atoms with Crippen molar-refractivity contribution >= 4 is 23.5 Å². The number of rotatable bonds is 7. The van der Waals surface area contributed by atoms with Gasteiger partial charge in [0.15, 0.2) is 18.1 Å². The molecule has 0 fully saturated rings. The number of nitrogens with one attached hydrogen (secondary N) is 1. The van der Waals surface area contributed by atoms with Gasteiger partial charge in [0.05, 0.1) is 14.2 Å². The molecule has 0 aliphatic heterocycles. The van der Waals surface area contributed by atoms with Crippen molar-refractivity contribution in [2.75, 3.05) is 20.8 Å². The Morgan fingerprint density at radius 2 is 1.92 bits per heavy atom.